The number of amides is 1. The minimum Gasteiger partial charge on any atom is -0.488 e. The quantitative estimate of drug-likeness (QED) is 0.697. The Bertz CT molecular complexity index is 1200. The van der Waals surface area contributed by atoms with Crippen LogP contribution in [0, 0.1) is 0 Å². The van der Waals surface area contributed by atoms with Gasteiger partial charge < -0.3 is 19.1 Å². The molecule has 31 heavy (non-hydrogen) atoms. The van der Waals surface area contributed by atoms with E-state index in [9.17, 15) is 9.59 Å². The lowest BCUT2D eigenvalue weighted by molar-refractivity contribution is 0.0723. The van der Waals surface area contributed by atoms with E-state index in [1.807, 2.05) is 22.0 Å². The van der Waals surface area contributed by atoms with Gasteiger partial charge in [0.2, 0.25) is 0 Å². The number of fused-ring (bicyclic) bond motifs is 2. The van der Waals surface area contributed by atoms with Gasteiger partial charge in [-0.1, -0.05) is 0 Å². The lowest BCUT2D eigenvalue weighted by Gasteiger charge is -2.31. The fraction of sp³-hybridized carbons (Fsp3) is 0.348. The molecular weight excluding hydrogens is 394 g/mol. The van der Waals surface area contributed by atoms with Crippen LogP contribution in [0.25, 0.3) is 12.2 Å². The van der Waals surface area contributed by atoms with Crippen LogP contribution in [0.15, 0.2) is 40.9 Å². The van der Waals surface area contributed by atoms with E-state index in [1.54, 1.807) is 25.4 Å². The molecule has 2 aliphatic heterocycles. The van der Waals surface area contributed by atoms with Gasteiger partial charge in [0.05, 0.1) is 35.4 Å². The molecule has 2 aromatic heterocycles. The Hall–Kier alpha value is -3.64. The van der Waals surface area contributed by atoms with Crippen molar-refractivity contribution in [3.63, 3.8) is 0 Å². The lowest BCUT2D eigenvalue weighted by atomic mass is 10.1. The van der Waals surface area contributed by atoms with E-state index < -0.39 is 0 Å². The number of hydrogen-bond acceptors (Lipinski definition) is 6. The van der Waals surface area contributed by atoms with Crippen molar-refractivity contribution in [2.75, 3.05) is 31.1 Å². The molecule has 8 nitrogen and oxygen atoms in total. The molecule has 0 bridgehead atoms. The molecule has 1 aliphatic carbocycles. The average Bonchev–Trinajstić information content (AvgIpc) is 3.04. The minimum atomic E-state index is -0.121. The van der Waals surface area contributed by atoms with Gasteiger partial charge in [-0.25, -0.2) is 9.97 Å². The Kier molecular flexibility index (Phi) is 4.92. The Morgan fingerprint density at radius 1 is 1.13 bits per heavy atom. The first kappa shape index (κ1) is 19.3. The molecule has 3 aliphatic rings. The minimum absolute atomic E-state index is 0.00112. The van der Waals surface area contributed by atoms with Gasteiger partial charge in [0.25, 0.3) is 11.5 Å². The first-order chi connectivity index (χ1) is 15.1. The van der Waals surface area contributed by atoms with Crippen LogP contribution in [-0.2, 0) is 7.05 Å². The van der Waals surface area contributed by atoms with E-state index >= 15 is 0 Å². The van der Waals surface area contributed by atoms with Crippen molar-refractivity contribution >= 4 is 23.9 Å². The van der Waals surface area contributed by atoms with E-state index in [1.165, 1.54) is 17.3 Å². The predicted molar refractivity (Wildman–Crippen MR) is 117 cm³/mol. The monoisotopic (exact) mass is 417 g/mol. The number of anilines is 1. The highest BCUT2D eigenvalue weighted by Gasteiger charge is 2.26. The van der Waals surface area contributed by atoms with Crippen molar-refractivity contribution in [2.45, 2.75) is 19.3 Å². The van der Waals surface area contributed by atoms with Crippen molar-refractivity contribution in [1.82, 2.24) is 19.4 Å². The fourth-order valence-corrected chi connectivity index (χ4v) is 4.12. The molecule has 0 spiro atoms. The highest BCUT2D eigenvalue weighted by Crippen LogP contribution is 2.34. The number of allylic oxidation sites excluding steroid dienone is 1. The van der Waals surface area contributed by atoms with Crippen molar-refractivity contribution in [3.8, 4) is 5.75 Å². The summed E-state index contributed by atoms with van der Waals surface area (Å²) in [5, 5.41) is 0. The Labute approximate surface area is 179 Å². The molecule has 0 aromatic carbocycles. The molecule has 2 aromatic rings. The van der Waals surface area contributed by atoms with Crippen LogP contribution in [0.4, 0.5) is 5.82 Å². The largest absolute Gasteiger partial charge is 0.488 e. The fourth-order valence-electron chi connectivity index (χ4n) is 4.12. The van der Waals surface area contributed by atoms with E-state index in [2.05, 4.69) is 15.7 Å². The van der Waals surface area contributed by atoms with Gasteiger partial charge in [-0.05, 0) is 37.5 Å². The third kappa shape index (κ3) is 3.55. The molecule has 4 heterocycles. The summed E-state index contributed by atoms with van der Waals surface area (Å²) in [5.74, 6) is 1.22. The maximum atomic E-state index is 12.9. The second-order valence-electron chi connectivity index (χ2n) is 7.88. The summed E-state index contributed by atoms with van der Waals surface area (Å²) in [7, 11) is 1.67. The van der Waals surface area contributed by atoms with E-state index in [0.717, 1.165) is 31.6 Å². The van der Waals surface area contributed by atoms with Crippen LogP contribution in [0.2, 0.25) is 0 Å². The van der Waals surface area contributed by atoms with Gasteiger partial charge in [-0.3, -0.25) is 9.59 Å². The van der Waals surface area contributed by atoms with Crippen LogP contribution in [0.1, 0.15) is 40.9 Å². The Morgan fingerprint density at radius 3 is 2.81 bits per heavy atom. The molecule has 0 unspecified atom stereocenters. The zero-order valence-electron chi connectivity index (χ0n) is 17.4. The summed E-state index contributed by atoms with van der Waals surface area (Å²) < 4.78 is 7.29. The van der Waals surface area contributed by atoms with Gasteiger partial charge in [-0.2, -0.15) is 0 Å². The zero-order valence-corrected chi connectivity index (χ0v) is 17.4. The number of aryl methyl sites for hydroxylation is 1. The summed E-state index contributed by atoms with van der Waals surface area (Å²) in [5.41, 5.74) is 5.40. The Morgan fingerprint density at radius 2 is 1.97 bits per heavy atom. The zero-order chi connectivity index (χ0) is 21.4. The number of hydrogen-bond donors (Lipinski definition) is 0. The third-order valence-corrected chi connectivity index (χ3v) is 5.80. The smallest absolute Gasteiger partial charge is 0.261 e. The first-order valence-corrected chi connectivity index (χ1v) is 10.5. The van der Waals surface area contributed by atoms with Crippen LogP contribution in [0.5, 0.6) is 5.75 Å². The summed E-state index contributed by atoms with van der Waals surface area (Å²) in [6.45, 7) is 2.63. The second-order valence-corrected chi connectivity index (χ2v) is 7.88. The van der Waals surface area contributed by atoms with E-state index in [4.69, 9.17) is 4.74 Å². The molecule has 0 radical (unpaired) electrons. The van der Waals surface area contributed by atoms with E-state index in [0.29, 0.717) is 41.5 Å². The van der Waals surface area contributed by atoms with Crippen LogP contribution in [-0.4, -0.2) is 51.6 Å². The van der Waals surface area contributed by atoms with Gasteiger partial charge in [0, 0.05) is 32.4 Å². The maximum absolute atomic E-state index is 12.9. The van der Waals surface area contributed by atoms with Gasteiger partial charge in [-0.15, -0.1) is 5.73 Å². The van der Waals surface area contributed by atoms with Gasteiger partial charge in [0.15, 0.2) is 11.6 Å². The number of rotatable bonds is 2. The molecule has 0 atom stereocenters. The summed E-state index contributed by atoms with van der Waals surface area (Å²) in [6.07, 6.45) is 11.7. The number of pyridine rings is 1. The standard InChI is InChI=1S/C23H23N5O3/c1-26-15-25-19-13-17(6-5-7-18(19)23(26)30)28-10-11-31-20-12-16(14-24-21(20)28)22(29)27-8-3-2-4-9-27/h6-7,12-15H,2-4,8-11H2,1H3. The second kappa shape index (κ2) is 7.89. The highest BCUT2D eigenvalue weighted by molar-refractivity contribution is 5.95. The first-order valence-electron chi connectivity index (χ1n) is 10.5. The summed E-state index contributed by atoms with van der Waals surface area (Å²) >= 11 is 0. The number of carbonyl (C=O) groups excluding carboxylic acids is 1. The molecule has 5 rings (SSSR count). The average molecular weight is 417 g/mol. The SMILES string of the molecule is Cn1cnc2c(c1=O)C=C=CC(N1CCOc3cc(C(=O)N4CCCCC4)cnc31)=C2. The molecule has 158 valence electrons. The van der Waals surface area contributed by atoms with Crippen molar-refractivity contribution in [3.05, 3.63) is 63.3 Å². The molecule has 8 heteroatoms. The van der Waals surface area contributed by atoms with Crippen LogP contribution in [0.3, 0.4) is 0 Å². The molecule has 1 amide bonds. The van der Waals surface area contributed by atoms with Crippen LogP contribution < -0.4 is 15.2 Å². The van der Waals surface area contributed by atoms with Gasteiger partial charge >= 0.3 is 0 Å². The third-order valence-electron chi connectivity index (χ3n) is 5.80. The molecule has 1 saturated heterocycles. The number of likely N-dealkylation sites (tertiary alicyclic amines) is 1. The molecular formula is C23H23N5O3. The predicted octanol–water partition coefficient (Wildman–Crippen LogP) is 2.22. The van der Waals surface area contributed by atoms with E-state index in [-0.39, 0.29) is 11.5 Å². The molecule has 0 N–H and O–H groups in total. The van der Waals surface area contributed by atoms with Crippen LogP contribution >= 0.6 is 0 Å². The Balaban J connectivity index is 1.48. The highest BCUT2D eigenvalue weighted by atomic mass is 16.5. The maximum Gasteiger partial charge on any atom is 0.261 e. The number of nitrogens with zero attached hydrogens (tertiary/aromatic N) is 5. The molecule has 0 saturated carbocycles. The summed E-state index contributed by atoms with van der Waals surface area (Å²) in [4.78, 5) is 38.1. The van der Waals surface area contributed by atoms with Gasteiger partial charge in [0.1, 0.15) is 6.61 Å². The number of ether oxygens (including phenoxy) is 1. The lowest BCUT2D eigenvalue weighted by Crippen LogP contribution is -2.36. The summed E-state index contributed by atoms with van der Waals surface area (Å²) in [6, 6.07) is 1.78. The number of piperidine rings is 1. The van der Waals surface area contributed by atoms with Crippen molar-refractivity contribution in [2.24, 2.45) is 7.05 Å². The number of aromatic nitrogens is 3. The normalized spacial score (nSPS) is 17.4. The topological polar surface area (TPSA) is 80.6 Å². The van der Waals surface area contributed by atoms with Crippen molar-refractivity contribution < 1.29 is 9.53 Å². The number of carbonyl (C=O) groups is 1. The molecule has 1 fully saturated rings. The van der Waals surface area contributed by atoms with Crippen molar-refractivity contribution in [1.29, 1.82) is 0 Å².